The van der Waals surface area contributed by atoms with Gasteiger partial charge in [0.05, 0.1) is 23.3 Å². The molecule has 2 aromatic heterocycles. The number of rotatable bonds is 7. The SMILES string of the molecule is CCN(CC)C(=O)C[C@H]1c2nc(NC(=O)c3cccs3)sc2C[C@H]2[C@](C)(CO)[C@H](O)CC[C@]21C. The van der Waals surface area contributed by atoms with Crippen molar-refractivity contribution in [2.24, 2.45) is 16.7 Å². The predicted molar refractivity (Wildman–Crippen MR) is 135 cm³/mol. The number of hydrogen-bond acceptors (Lipinski definition) is 7. The van der Waals surface area contributed by atoms with E-state index in [0.29, 0.717) is 42.4 Å². The van der Waals surface area contributed by atoms with Crippen LogP contribution in [0.2, 0.25) is 0 Å². The number of hydrogen-bond donors (Lipinski definition) is 3. The van der Waals surface area contributed by atoms with Gasteiger partial charge in [-0.15, -0.1) is 22.7 Å². The number of thiazole rings is 1. The van der Waals surface area contributed by atoms with E-state index in [1.165, 1.54) is 22.7 Å². The number of thiophene rings is 1. The topological polar surface area (TPSA) is 103 Å². The first-order valence-electron chi connectivity index (χ1n) is 12.1. The van der Waals surface area contributed by atoms with Crippen molar-refractivity contribution in [2.45, 2.75) is 65.4 Å². The second-order valence-corrected chi connectivity index (χ2v) is 12.1. The van der Waals surface area contributed by atoms with Gasteiger partial charge in [-0.25, -0.2) is 4.98 Å². The van der Waals surface area contributed by atoms with Crippen LogP contribution in [0.1, 0.15) is 73.1 Å². The molecule has 0 aromatic carbocycles. The molecule has 1 fully saturated rings. The Balaban J connectivity index is 1.74. The Morgan fingerprint density at radius 3 is 2.65 bits per heavy atom. The highest BCUT2D eigenvalue weighted by atomic mass is 32.1. The zero-order valence-corrected chi connectivity index (χ0v) is 22.0. The predicted octanol–water partition coefficient (Wildman–Crippen LogP) is 4.13. The van der Waals surface area contributed by atoms with Gasteiger partial charge in [-0.3, -0.25) is 14.9 Å². The summed E-state index contributed by atoms with van der Waals surface area (Å²) in [7, 11) is 0. The van der Waals surface area contributed by atoms with Crippen molar-refractivity contribution in [3.8, 4) is 0 Å². The van der Waals surface area contributed by atoms with Gasteiger partial charge in [0.2, 0.25) is 5.91 Å². The molecule has 9 heteroatoms. The number of fused-ring (bicyclic) bond motifs is 2. The van der Waals surface area contributed by atoms with E-state index in [9.17, 15) is 19.8 Å². The molecule has 2 amide bonds. The van der Waals surface area contributed by atoms with Crippen molar-refractivity contribution in [3.63, 3.8) is 0 Å². The summed E-state index contributed by atoms with van der Waals surface area (Å²) in [5, 5.41) is 26.6. The minimum Gasteiger partial charge on any atom is -0.396 e. The lowest BCUT2D eigenvalue weighted by Gasteiger charge is -2.58. The average molecular weight is 506 g/mol. The van der Waals surface area contributed by atoms with Gasteiger partial charge in [0, 0.05) is 35.7 Å². The van der Waals surface area contributed by atoms with E-state index in [1.807, 2.05) is 37.1 Å². The molecular formula is C25H35N3O4S2. The van der Waals surface area contributed by atoms with Crippen LogP contribution in [0.4, 0.5) is 5.13 Å². The molecule has 34 heavy (non-hydrogen) atoms. The molecular weight excluding hydrogens is 470 g/mol. The molecule has 0 radical (unpaired) electrons. The summed E-state index contributed by atoms with van der Waals surface area (Å²) in [5.74, 6) is -0.235. The van der Waals surface area contributed by atoms with E-state index < -0.39 is 11.5 Å². The van der Waals surface area contributed by atoms with Crippen LogP contribution in [0.25, 0.3) is 0 Å². The zero-order valence-electron chi connectivity index (χ0n) is 20.3. The minimum absolute atomic E-state index is 0.00273. The molecule has 0 unspecified atom stereocenters. The fourth-order valence-electron chi connectivity index (χ4n) is 6.15. The van der Waals surface area contributed by atoms with Crippen molar-refractivity contribution < 1.29 is 19.8 Å². The average Bonchev–Trinajstić information content (AvgIpc) is 3.49. The normalized spacial score (nSPS) is 30.4. The molecule has 0 aliphatic heterocycles. The summed E-state index contributed by atoms with van der Waals surface area (Å²) < 4.78 is 0. The number of aliphatic hydroxyl groups is 2. The fraction of sp³-hybridized carbons (Fsp3) is 0.640. The lowest BCUT2D eigenvalue weighted by molar-refractivity contribution is -0.147. The fourth-order valence-corrected chi connectivity index (χ4v) is 7.83. The lowest BCUT2D eigenvalue weighted by Crippen LogP contribution is -2.57. The second kappa shape index (κ2) is 9.68. The molecule has 4 rings (SSSR count). The van der Waals surface area contributed by atoms with Gasteiger partial charge >= 0.3 is 0 Å². The molecule has 0 saturated heterocycles. The number of nitrogens with zero attached hydrogens (tertiary/aromatic N) is 2. The molecule has 186 valence electrons. The number of aliphatic hydroxyl groups excluding tert-OH is 2. The van der Waals surface area contributed by atoms with E-state index in [1.54, 1.807) is 6.07 Å². The molecule has 1 saturated carbocycles. The van der Waals surface area contributed by atoms with Crippen molar-refractivity contribution in [3.05, 3.63) is 33.0 Å². The highest BCUT2D eigenvalue weighted by Gasteiger charge is 2.59. The zero-order chi connectivity index (χ0) is 24.7. The minimum atomic E-state index is -0.661. The van der Waals surface area contributed by atoms with E-state index >= 15 is 0 Å². The highest BCUT2D eigenvalue weighted by molar-refractivity contribution is 7.16. The maximum absolute atomic E-state index is 13.3. The van der Waals surface area contributed by atoms with Crippen LogP contribution in [0.5, 0.6) is 0 Å². The van der Waals surface area contributed by atoms with Crippen LogP contribution < -0.4 is 5.32 Å². The molecule has 7 nitrogen and oxygen atoms in total. The number of anilines is 1. The maximum atomic E-state index is 13.3. The van der Waals surface area contributed by atoms with Crippen molar-refractivity contribution in [2.75, 3.05) is 25.0 Å². The standard InChI is InChI=1S/C25H35N3O4S2/c1-5-28(6-2)20(31)12-15-21-17(34-23(26-21)27-22(32)16-8-7-11-33-16)13-18-24(15,3)10-9-19(30)25(18,4)14-29/h7-8,11,15,18-19,29-30H,5-6,9-10,12-14H2,1-4H3,(H,26,27,32)/t15-,18+,19+,24-,25-/m0/s1. The van der Waals surface area contributed by atoms with Crippen LogP contribution in [-0.2, 0) is 11.2 Å². The first-order valence-corrected chi connectivity index (χ1v) is 13.8. The molecule has 0 spiro atoms. The molecule has 2 aliphatic carbocycles. The van der Waals surface area contributed by atoms with Crippen molar-refractivity contribution >= 4 is 39.6 Å². The number of carbonyl (C=O) groups is 2. The third-order valence-electron chi connectivity index (χ3n) is 8.35. The van der Waals surface area contributed by atoms with E-state index in [2.05, 4.69) is 12.2 Å². The molecule has 0 bridgehead atoms. The summed E-state index contributed by atoms with van der Waals surface area (Å²) in [6.45, 7) is 9.33. The number of aromatic nitrogens is 1. The largest absolute Gasteiger partial charge is 0.396 e. The molecule has 3 N–H and O–H groups in total. The van der Waals surface area contributed by atoms with Gasteiger partial charge in [-0.1, -0.05) is 19.9 Å². The smallest absolute Gasteiger partial charge is 0.267 e. The van der Waals surface area contributed by atoms with Gasteiger partial charge in [-0.05, 0) is 55.9 Å². The quantitative estimate of drug-likeness (QED) is 0.525. The van der Waals surface area contributed by atoms with Crippen LogP contribution in [0.3, 0.4) is 0 Å². The Hall–Kier alpha value is -1.81. The van der Waals surface area contributed by atoms with Gasteiger partial charge in [0.25, 0.3) is 5.91 Å². The first kappa shape index (κ1) is 25.3. The second-order valence-electron chi connectivity index (χ2n) is 10.1. The number of nitrogens with one attached hydrogen (secondary N) is 1. The van der Waals surface area contributed by atoms with Gasteiger partial charge in [0.1, 0.15) is 0 Å². The molecule has 2 heterocycles. The Morgan fingerprint density at radius 2 is 2.03 bits per heavy atom. The summed E-state index contributed by atoms with van der Waals surface area (Å²) >= 11 is 2.83. The Morgan fingerprint density at radius 1 is 1.29 bits per heavy atom. The maximum Gasteiger partial charge on any atom is 0.267 e. The van der Waals surface area contributed by atoms with Crippen LogP contribution in [0.15, 0.2) is 17.5 Å². The lowest BCUT2D eigenvalue weighted by atomic mass is 9.47. The summed E-state index contributed by atoms with van der Waals surface area (Å²) in [6.07, 6.45) is 1.76. The highest BCUT2D eigenvalue weighted by Crippen LogP contribution is 2.62. The molecule has 2 aromatic rings. The third kappa shape index (κ3) is 4.21. The first-order chi connectivity index (χ1) is 16.2. The molecule has 2 aliphatic rings. The Kier molecular flexibility index (Phi) is 7.20. The third-order valence-corrected chi connectivity index (χ3v) is 10.2. The van der Waals surface area contributed by atoms with E-state index in [-0.39, 0.29) is 35.7 Å². The van der Waals surface area contributed by atoms with Gasteiger partial charge in [0.15, 0.2) is 5.13 Å². The molecule has 5 atom stereocenters. The van der Waals surface area contributed by atoms with E-state index in [4.69, 9.17) is 4.98 Å². The number of amides is 2. The van der Waals surface area contributed by atoms with Crippen LogP contribution >= 0.6 is 22.7 Å². The van der Waals surface area contributed by atoms with Crippen molar-refractivity contribution in [1.29, 1.82) is 0 Å². The number of carbonyl (C=O) groups excluding carboxylic acids is 2. The summed E-state index contributed by atoms with van der Waals surface area (Å²) in [6, 6.07) is 3.62. The summed E-state index contributed by atoms with van der Waals surface area (Å²) in [5.41, 5.74) is -0.0660. The van der Waals surface area contributed by atoms with Crippen LogP contribution in [0, 0.1) is 16.7 Å². The van der Waals surface area contributed by atoms with Gasteiger partial charge < -0.3 is 15.1 Å². The Labute approximate surface area is 209 Å². The van der Waals surface area contributed by atoms with Crippen LogP contribution in [-0.4, -0.2) is 57.7 Å². The van der Waals surface area contributed by atoms with Crippen molar-refractivity contribution in [1.82, 2.24) is 9.88 Å². The van der Waals surface area contributed by atoms with E-state index in [0.717, 1.165) is 17.0 Å². The monoisotopic (exact) mass is 505 g/mol. The Bertz CT molecular complexity index is 1040. The van der Waals surface area contributed by atoms with Gasteiger partial charge in [-0.2, -0.15) is 0 Å². The summed E-state index contributed by atoms with van der Waals surface area (Å²) in [4.78, 5) is 34.3.